The number of alkyl halides is 1. The number of rotatable bonds is 4. The molecule has 1 aliphatic carbocycles. The van der Waals surface area contributed by atoms with E-state index < -0.39 is 10.0 Å². The lowest BCUT2D eigenvalue weighted by atomic mass is 10.2. The second kappa shape index (κ2) is 4.80. The van der Waals surface area contributed by atoms with Crippen molar-refractivity contribution in [1.29, 1.82) is 0 Å². The van der Waals surface area contributed by atoms with Crippen LogP contribution in [0, 0.1) is 5.92 Å². The number of hydrogen-bond acceptors (Lipinski definition) is 3. The van der Waals surface area contributed by atoms with Crippen molar-refractivity contribution in [2.45, 2.75) is 31.9 Å². The van der Waals surface area contributed by atoms with Crippen LogP contribution in [0.25, 0.3) is 0 Å². The van der Waals surface area contributed by atoms with E-state index in [9.17, 15) is 8.42 Å². The predicted molar refractivity (Wildman–Crippen MR) is 63.1 cm³/mol. The monoisotopic (exact) mass is 267 g/mol. The Morgan fingerprint density at radius 1 is 1.44 bits per heavy atom. The summed E-state index contributed by atoms with van der Waals surface area (Å²) < 4.78 is 31.3. The first-order valence-corrected chi connectivity index (χ1v) is 7.84. The van der Waals surface area contributed by atoms with Gasteiger partial charge in [-0.05, 0) is 25.7 Å². The molecule has 0 bridgehead atoms. The van der Waals surface area contributed by atoms with Gasteiger partial charge in [-0.2, -0.15) is 4.31 Å². The highest BCUT2D eigenvalue weighted by Crippen LogP contribution is 2.32. The van der Waals surface area contributed by atoms with Crippen LogP contribution in [0.3, 0.4) is 0 Å². The van der Waals surface area contributed by atoms with Gasteiger partial charge in [0.2, 0.25) is 10.0 Å². The molecular formula is C10H18ClNO3S. The third-order valence-electron chi connectivity index (χ3n) is 3.12. The first kappa shape index (κ1) is 12.6. The quantitative estimate of drug-likeness (QED) is 0.716. The standard InChI is InChI=1S/C10H18ClNO3S/c1-8-6-15-10(4-11)5-12(8)16(13,14)7-9-2-3-9/h8-10H,2-7H2,1H3. The summed E-state index contributed by atoms with van der Waals surface area (Å²) in [6.45, 7) is 2.73. The SMILES string of the molecule is CC1COC(CCl)CN1S(=O)(=O)CC1CC1. The molecule has 0 aromatic heterocycles. The fraction of sp³-hybridized carbons (Fsp3) is 1.00. The Hall–Kier alpha value is 0.160. The maximum Gasteiger partial charge on any atom is 0.214 e. The summed E-state index contributed by atoms with van der Waals surface area (Å²) in [4.78, 5) is 0. The van der Waals surface area contributed by atoms with E-state index in [1.165, 1.54) is 0 Å². The van der Waals surface area contributed by atoms with Crippen molar-refractivity contribution >= 4 is 21.6 Å². The van der Waals surface area contributed by atoms with Crippen LogP contribution < -0.4 is 0 Å². The Kier molecular flexibility index (Phi) is 3.79. The van der Waals surface area contributed by atoms with Crippen molar-refractivity contribution in [3.63, 3.8) is 0 Å². The third kappa shape index (κ3) is 2.88. The van der Waals surface area contributed by atoms with Crippen molar-refractivity contribution in [2.75, 3.05) is 24.8 Å². The largest absolute Gasteiger partial charge is 0.374 e. The van der Waals surface area contributed by atoms with Crippen molar-refractivity contribution in [3.05, 3.63) is 0 Å². The molecule has 0 aromatic rings. The Labute approximate surface area is 102 Å². The molecule has 6 heteroatoms. The van der Waals surface area contributed by atoms with Crippen molar-refractivity contribution in [2.24, 2.45) is 5.92 Å². The summed E-state index contributed by atoms with van der Waals surface area (Å²) >= 11 is 5.72. The van der Waals surface area contributed by atoms with Gasteiger partial charge in [-0.15, -0.1) is 11.6 Å². The van der Waals surface area contributed by atoms with Crippen LogP contribution >= 0.6 is 11.6 Å². The normalized spacial score (nSPS) is 32.9. The highest BCUT2D eigenvalue weighted by atomic mass is 35.5. The number of sulfonamides is 1. The molecule has 2 atom stereocenters. The van der Waals surface area contributed by atoms with Gasteiger partial charge in [-0.25, -0.2) is 8.42 Å². The fourth-order valence-electron chi connectivity index (χ4n) is 1.95. The summed E-state index contributed by atoms with van der Waals surface area (Å²) in [7, 11) is -3.12. The molecule has 94 valence electrons. The summed E-state index contributed by atoms with van der Waals surface area (Å²) in [6.07, 6.45) is 1.94. The van der Waals surface area contributed by atoms with E-state index in [1.54, 1.807) is 4.31 Å². The van der Waals surface area contributed by atoms with Gasteiger partial charge < -0.3 is 4.74 Å². The van der Waals surface area contributed by atoms with Gasteiger partial charge in [0, 0.05) is 18.5 Å². The minimum atomic E-state index is -3.12. The molecule has 0 spiro atoms. The van der Waals surface area contributed by atoms with E-state index in [2.05, 4.69) is 0 Å². The highest BCUT2D eigenvalue weighted by Gasteiger charge is 2.37. The summed E-state index contributed by atoms with van der Waals surface area (Å²) in [5, 5.41) is 0. The van der Waals surface area contributed by atoms with Crippen LogP contribution in [-0.4, -0.2) is 49.7 Å². The average molecular weight is 268 g/mol. The van der Waals surface area contributed by atoms with Gasteiger partial charge >= 0.3 is 0 Å². The van der Waals surface area contributed by atoms with Crippen molar-refractivity contribution < 1.29 is 13.2 Å². The highest BCUT2D eigenvalue weighted by molar-refractivity contribution is 7.89. The van der Waals surface area contributed by atoms with Crippen LogP contribution in [0.2, 0.25) is 0 Å². The molecular weight excluding hydrogens is 250 g/mol. The van der Waals surface area contributed by atoms with Crippen LogP contribution in [0.1, 0.15) is 19.8 Å². The number of morpholine rings is 1. The second-order valence-electron chi connectivity index (χ2n) is 4.75. The van der Waals surface area contributed by atoms with Crippen LogP contribution in [-0.2, 0) is 14.8 Å². The zero-order valence-corrected chi connectivity index (χ0v) is 11.0. The van der Waals surface area contributed by atoms with E-state index in [0.717, 1.165) is 12.8 Å². The molecule has 4 nitrogen and oxygen atoms in total. The zero-order valence-electron chi connectivity index (χ0n) is 9.43. The lowest BCUT2D eigenvalue weighted by molar-refractivity contribution is -0.0152. The minimum absolute atomic E-state index is 0.0665. The Balaban J connectivity index is 2.04. The molecule has 2 unspecified atom stereocenters. The number of ether oxygens (including phenoxy) is 1. The predicted octanol–water partition coefficient (Wildman–Crippen LogP) is 1.05. The van der Waals surface area contributed by atoms with Gasteiger partial charge in [0.1, 0.15) is 0 Å². The molecule has 1 heterocycles. The smallest absolute Gasteiger partial charge is 0.214 e. The summed E-state index contributed by atoms with van der Waals surface area (Å²) in [5.41, 5.74) is 0. The van der Waals surface area contributed by atoms with Gasteiger partial charge in [0.15, 0.2) is 0 Å². The molecule has 1 saturated carbocycles. The molecule has 1 aliphatic heterocycles. The summed E-state index contributed by atoms with van der Waals surface area (Å²) in [6, 6.07) is -0.0665. The Morgan fingerprint density at radius 2 is 2.12 bits per heavy atom. The van der Waals surface area contributed by atoms with Crippen LogP contribution in [0.15, 0.2) is 0 Å². The van der Waals surface area contributed by atoms with Crippen LogP contribution in [0.4, 0.5) is 0 Å². The van der Waals surface area contributed by atoms with E-state index in [0.29, 0.717) is 30.7 Å². The van der Waals surface area contributed by atoms with E-state index >= 15 is 0 Å². The molecule has 1 saturated heterocycles. The topological polar surface area (TPSA) is 46.6 Å². The molecule has 0 N–H and O–H groups in total. The van der Waals surface area contributed by atoms with Gasteiger partial charge in [0.05, 0.1) is 18.5 Å². The minimum Gasteiger partial charge on any atom is -0.374 e. The molecule has 16 heavy (non-hydrogen) atoms. The molecule has 0 radical (unpaired) electrons. The first-order valence-electron chi connectivity index (χ1n) is 5.70. The molecule has 2 aliphatic rings. The molecule has 0 aromatic carbocycles. The molecule has 0 amide bonds. The Bertz CT molecular complexity index is 342. The lowest BCUT2D eigenvalue weighted by Gasteiger charge is -2.36. The Morgan fingerprint density at radius 3 is 2.69 bits per heavy atom. The number of nitrogens with zero attached hydrogens (tertiary/aromatic N) is 1. The van der Waals surface area contributed by atoms with Gasteiger partial charge in [-0.3, -0.25) is 0 Å². The third-order valence-corrected chi connectivity index (χ3v) is 5.58. The van der Waals surface area contributed by atoms with Crippen molar-refractivity contribution in [1.82, 2.24) is 4.31 Å². The van der Waals surface area contributed by atoms with Crippen LogP contribution in [0.5, 0.6) is 0 Å². The van der Waals surface area contributed by atoms with E-state index in [4.69, 9.17) is 16.3 Å². The average Bonchev–Trinajstić information content (AvgIpc) is 3.01. The molecule has 2 rings (SSSR count). The first-order chi connectivity index (χ1) is 7.53. The zero-order chi connectivity index (χ0) is 11.8. The fourth-order valence-corrected chi connectivity index (χ4v) is 4.26. The second-order valence-corrected chi connectivity index (χ2v) is 7.03. The molecule has 2 fully saturated rings. The van der Waals surface area contributed by atoms with Crippen molar-refractivity contribution in [3.8, 4) is 0 Å². The van der Waals surface area contributed by atoms with Gasteiger partial charge in [-0.1, -0.05) is 0 Å². The van der Waals surface area contributed by atoms with Gasteiger partial charge in [0.25, 0.3) is 0 Å². The maximum absolute atomic E-state index is 12.1. The lowest BCUT2D eigenvalue weighted by Crippen LogP contribution is -2.52. The van der Waals surface area contributed by atoms with E-state index in [1.807, 2.05) is 6.92 Å². The number of hydrogen-bond donors (Lipinski definition) is 0. The number of halogens is 1. The van der Waals surface area contributed by atoms with E-state index in [-0.39, 0.29) is 12.1 Å². The summed E-state index contributed by atoms with van der Waals surface area (Å²) in [5.74, 6) is 1.03. The maximum atomic E-state index is 12.1.